The summed E-state index contributed by atoms with van der Waals surface area (Å²) in [6, 6.07) is -3.14. The van der Waals surface area contributed by atoms with E-state index in [0.717, 1.165) is 0 Å². The largest absolute Gasteiger partial charge is 1.00 e. The molecule has 0 heterocycles. The molecule has 0 saturated carbocycles. The Labute approximate surface area is 181 Å². The summed E-state index contributed by atoms with van der Waals surface area (Å²) in [5, 5.41) is 39.6. The quantitative estimate of drug-likeness (QED) is 0.198. The number of rotatable bonds is 14. The number of hydrogen-bond acceptors (Lipinski definition) is 7. The van der Waals surface area contributed by atoms with E-state index >= 15 is 0 Å². The van der Waals surface area contributed by atoms with Crippen molar-refractivity contribution in [3.63, 3.8) is 0 Å². The van der Waals surface area contributed by atoms with E-state index in [2.05, 4.69) is 6.58 Å². The van der Waals surface area contributed by atoms with E-state index in [1.54, 1.807) is 6.08 Å². The fraction of sp³-hybridized carbons (Fsp3) is 0.706. The molecule has 150 valence electrons. The van der Waals surface area contributed by atoms with Crippen LogP contribution < -0.4 is 34.7 Å². The van der Waals surface area contributed by atoms with E-state index in [9.17, 15) is 34.8 Å². The van der Waals surface area contributed by atoms with E-state index in [4.69, 9.17) is 0 Å². The molecule has 0 aliphatic carbocycles. The van der Waals surface area contributed by atoms with E-state index in [1.807, 2.05) is 0 Å². The maximum absolute atomic E-state index is 11.2. The number of aliphatic hydroxyl groups is 1. The third-order valence-electron chi connectivity index (χ3n) is 4.39. The zero-order chi connectivity index (χ0) is 20.4. The first-order valence-corrected chi connectivity index (χ1v) is 8.48. The molecule has 0 spiro atoms. The summed E-state index contributed by atoms with van der Waals surface area (Å²) < 4.78 is 0. The summed E-state index contributed by atoms with van der Waals surface area (Å²) in [5.74, 6) is -3.68. The average molecular weight is 396 g/mol. The predicted octanol–water partition coefficient (Wildman–Crippen LogP) is -3.99. The standard InChI is InChI=1S/C17H30N2O7.Na/c1-5-6-7-14(20)10-18(11(2)15(21)22)8-9-19(12(3)16(23)24)13(4)17(25)26;/h5,11-14,20H,1,6-10H2,2-4H3,(H,21,22)(H,23,24)(H,25,26);/q;+1/p-1. The Morgan fingerprint density at radius 2 is 1.52 bits per heavy atom. The normalized spacial score (nSPS) is 15.5. The first-order valence-electron chi connectivity index (χ1n) is 8.48. The molecule has 0 aliphatic rings. The van der Waals surface area contributed by atoms with Gasteiger partial charge in [0.15, 0.2) is 0 Å². The van der Waals surface area contributed by atoms with Gasteiger partial charge in [-0.2, -0.15) is 0 Å². The van der Waals surface area contributed by atoms with Crippen LogP contribution in [0.1, 0.15) is 33.6 Å². The van der Waals surface area contributed by atoms with Crippen molar-refractivity contribution in [3.8, 4) is 0 Å². The van der Waals surface area contributed by atoms with Gasteiger partial charge >= 0.3 is 41.5 Å². The average Bonchev–Trinajstić information content (AvgIpc) is 2.57. The van der Waals surface area contributed by atoms with Crippen LogP contribution in [0.2, 0.25) is 0 Å². The fourth-order valence-electron chi connectivity index (χ4n) is 2.51. The molecule has 9 nitrogen and oxygen atoms in total. The Hall–Kier alpha value is -0.970. The number of aliphatic hydroxyl groups excluding tert-OH is 1. The van der Waals surface area contributed by atoms with Crippen LogP contribution in [0.3, 0.4) is 0 Å². The van der Waals surface area contributed by atoms with E-state index in [0.29, 0.717) is 12.8 Å². The van der Waals surface area contributed by atoms with Crippen LogP contribution in [0.25, 0.3) is 0 Å². The smallest absolute Gasteiger partial charge is 0.548 e. The Morgan fingerprint density at radius 1 is 1.04 bits per heavy atom. The molecule has 0 radical (unpaired) electrons. The third kappa shape index (κ3) is 10.2. The fourth-order valence-corrected chi connectivity index (χ4v) is 2.51. The summed E-state index contributed by atoms with van der Waals surface area (Å²) in [6.45, 7) is 7.81. The molecule has 0 aromatic heterocycles. The summed E-state index contributed by atoms with van der Waals surface area (Å²) in [6.07, 6.45) is 1.81. The van der Waals surface area contributed by atoms with Gasteiger partial charge in [0.1, 0.15) is 12.1 Å². The van der Waals surface area contributed by atoms with Crippen LogP contribution in [0.4, 0.5) is 0 Å². The minimum Gasteiger partial charge on any atom is -0.548 e. The van der Waals surface area contributed by atoms with Crippen molar-refractivity contribution in [1.29, 1.82) is 0 Å². The SMILES string of the molecule is C=CCCC(O)CN(CCN(C(C)C(=O)O)C(C)C(=O)O)C(C)C(=O)[O-].[Na+]. The van der Waals surface area contributed by atoms with Gasteiger partial charge in [0.2, 0.25) is 0 Å². The van der Waals surface area contributed by atoms with Crippen molar-refractivity contribution in [2.45, 2.75) is 57.8 Å². The molecule has 0 aromatic carbocycles. The van der Waals surface area contributed by atoms with E-state index in [1.165, 1.54) is 30.6 Å². The van der Waals surface area contributed by atoms with Gasteiger partial charge in [-0.15, -0.1) is 6.58 Å². The van der Waals surface area contributed by atoms with Gasteiger partial charge in [-0.1, -0.05) is 6.08 Å². The first-order chi connectivity index (χ1) is 12.0. The van der Waals surface area contributed by atoms with E-state index < -0.39 is 42.1 Å². The number of carbonyl (C=O) groups is 3. The van der Waals surface area contributed by atoms with Crippen LogP contribution in [0.15, 0.2) is 12.7 Å². The Morgan fingerprint density at radius 3 is 1.89 bits per heavy atom. The van der Waals surface area contributed by atoms with Crippen molar-refractivity contribution in [2.24, 2.45) is 0 Å². The van der Waals surface area contributed by atoms with Crippen LogP contribution in [-0.4, -0.2) is 86.9 Å². The van der Waals surface area contributed by atoms with Crippen LogP contribution in [0, 0.1) is 0 Å². The molecule has 4 atom stereocenters. The Balaban J connectivity index is 0. The molecule has 0 fully saturated rings. The number of aliphatic carboxylic acids is 3. The zero-order valence-electron chi connectivity index (χ0n) is 16.5. The van der Waals surface area contributed by atoms with E-state index in [-0.39, 0.29) is 49.2 Å². The zero-order valence-corrected chi connectivity index (χ0v) is 18.5. The summed E-state index contributed by atoms with van der Waals surface area (Å²) in [4.78, 5) is 36.4. The maximum atomic E-state index is 11.2. The number of carbonyl (C=O) groups excluding carboxylic acids is 1. The Bertz CT molecular complexity index is 484. The topological polar surface area (TPSA) is 141 Å². The summed E-state index contributed by atoms with van der Waals surface area (Å²) in [5.41, 5.74) is 0. The van der Waals surface area contributed by atoms with Crippen LogP contribution in [-0.2, 0) is 14.4 Å². The predicted molar refractivity (Wildman–Crippen MR) is 92.4 cm³/mol. The molecule has 0 aromatic rings. The van der Waals surface area contributed by atoms with Crippen molar-refractivity contribution < 1.29 is 64.4 Å². The van der Waals surface area contributed by atoms with Gasteiger partial charge in [-0.05, 0) is 33.6 Å². The van der Waals surface area contributed by atoms with Gasteiger partial charge in [0.05, 0.1) is 12.1 Å². The van der Waals surface area contributed by atoms with Crippen molar-refractivity contribution >= 4 is 17.9 Å². The molecule has 0 amide bonds. The third-order valence-corrected chi connectivity index (χ3v) is 4.39. The van der Waals surface area contributed by atoms with Crippen LogP contribution >= 0.6 is 0 Å². The van der Waals surface area contributed by atoms with Gasteiger partial charge in [-0.25, -0.2) is 0 Å². The first kappa shape index (κ1) is 28.2. The molecule has 3 N–H and O–H groups in total. The summed E-state index contributed by atoms with van der Waals surface area (Å²) >= 11 is 0. The monoisotopic (exact) mass is 396 g/mol. The van der Waals surface area contributed by atoms with Crippen LogP contribution in [0.5, 0.6) is 0 Å². The van der Waals surface area contributed by atoms with Gasteiger partial charge < -0.3 is 25.2 Å². The second-order valence-electron chi connectivity index (χ2n) is 6.28. The van der Waals surface area contributed by atoms with Crippen molar-refractivity contribution in [2.75, 3.05) is 19.6 Å². The summed E-state index contributed by atoms with van der Waals surface area (Å²) in [7, 11) is 0. The second kappa shape index (κ2) is 14.1. The molecule has 4 unspecified atom stereocenters. The second-order valence-corrected chi connectivity index (χ2v) is 6.28. The number of hydrogen-bond donors (Lipinski definition) is 3. The molecular weight excluding hydrogens is 367 g/mol. The number of nitrogens with zero attached hydrogens (tertiary/aromatic N) is 2. The molecular formula is C17H29N2NaO7. The number of carboxylic acids is 3. The number of carboxylic acid groups (broad SMARTS) is 3. The van der Waals surface area contributed by atoms with Gasteiger partial charge in [-0.3, -0.25) is 19.4 Å². The molecule has 0 rings (SSSR count). The molecule has 27 heavy (non-hydrogen) atoms. The minimum absolute atomic E-state index is 0. The molecule has 0 aliphatic heterocycles. The molecule has 0 bridgehead atoms. The van der Waals surface area contributed by atoms with Crippen molar-refractivity contribution in [3.05, 3.63) is 12.7 Å². The number of allylic oxidation sites excluding steroid dienone is 1. The molecule has 10 heteroatoms. The Kier molecular flexibility index (Phi) is 14.7. The van der Waals surface area contributed by atoms with Gasteiger partial charge in [0, 0.05) is 25.7 Å². The molecule has 0 saturated heterocycles. The van der Waals surface area contributed by atoms with Crippen molar-refractivity contribution in [1.82, 2.24) is 9.80 Å². The minimum atomic E-state index is -1.33. The maximum Gasteiger partial charge on any atom is 1.00 e. The van der Waals surface area contributed by atoms with Gasteiger partial charge in [0.25, 0.3) is 0 Å².